The highest BCUT2D eigenvalue weighted by Crippen LogP contribution is 2.25. The molecule has 0 radical (unpaired) electrons. The van der Waals surface area contributed by atoms with Gasteiger partial charge in [-0.25, -0.2) is 4.79 Å². The third-order valence-corrected chi connectivity index (χ3v) is 3.47. The number of anilines is 1. The Morgan fingerprint density at radius 3 is 2.50 bits per heavy atom. The molecule has 0 saturated carbocycles. The molecule has 0 fully saturated rings. The summed E-state index contributed by atoms with van der Waals surface area (Å²) in [5.74, 6) is -1.23. The molecule has 0 atom stereocenters. The maximum atomic E-state index is 11.5. The first-order chi connectivity index (χ1) is 9.18. The number of carbonyl (C=O) groups is 1. The fourth-order valence-electron chi connectivity index (χ4n) is 1.71. The molecule has 0 saturated heterocycles. The van der Waals surface area contributed by atoms with Crippen LogP contribution in [-0.4, -0.2) is 24.0 Å². The number of aliphatic carboxylic acids is 1. The monoisotopic (exact) mass is 299 g/mol. The zero-order valence-electron chi connectivity index (χ0n) is 9.86. The Morgan fingerprint density at radius 1 is 1.30 bits per heavy atom. The molecule has 20 heavy (non-hydrogen) atoms. The Hall–Kier alpha value is -2.39. The first kappa shape index (κ1) is 14.0. The lowest BCUT2D eigenvalue weighted by Crippen LogP contribution is -2.12. The van der Waals surface area contributed by atoms with Crippen molar-refractivity contribution in [1.82, 2.24) is 0 Å². The number of hydrogen-bond acceptors (Lipinski definition) is 6. The molecular formula is C11H9NO7S. The lowest BCUT2D eigenvalue weighted by molar-refractivity contribution is -0.136. The summed E-state index contributed by atoms with van der Waals surface area (Å²) in [7, 11) is -4.53. The summed E-state index contributed by atoms with van der Waals surface area (Å²) in [6.07, 6.45) is -0.566. The smallest absolute Gasteiger partial charge is 0.340 e. The maximum Gasteiger partial charge on any atom is 0.340 e. The van der Waals surface area contributed by atoms with Crippen molar-refractivity contribution in [3.63, 3.8) is 0 Å². The van der Waals surface area contributed by atoms with Gasteiger partial charge in [-0.1, -0.05) is 0 Å². The summed E-state index contributed by atoms with van der Waals surface area (Å²) < 4.78 is 36.1. The van der Waals surface area contributed by atoms with Crippen LogP contribution < -0.4 is 11.4 Å². The zero-order chi connectivity index (χ0) is 15.1. The number of carboxylic acids is 1. The molecule has 2 aromatic rings. The number of rotatable bonds is 3. The molecule has 1 aromatic heterocycles. The molecule has 0 unspecified atom stereocenters. The molecule has 4 N–H and O–H groups in total. The summed E-state index contributed by atoms with van der Waals surface area (Å²) in [6.45, 7) is 0. The van der Waals surface area contributed by atoms with E-state index < -0.39 is 33.0 Å². The van der Waals surface area contributed by atoms with E-state index in [9.17, 15) is 18.0 Å². The van der Waals surface area contributed by atoms with Crippen LogP contribution in [0.3, 0.4) is 0 Å². The second kappa shape index (κ2) is 4.62. The lowest BCUT2D eigenvalue weighted by Gasteiger charge is -2.05. The molecule has 0 aliphatic carbocycles. The Labute approximate surface area is 112 Å². The van der Waals surface area contributed by atoms with Gasteiger partial charge in [0.15, 0.2) is 0 Å². The van der Waals surface area contributed by atoms with E-state index in [4.69, 9.17) is 19.8 Å². The third-order valence-electron chi connectivity index (χ3n) is 2.56. The Morgan fingerprint density at radius 2 is 1.95 bits per heavy atom. The van der Waals surface area contributed by atoms with E-state index in [2.05, 4.69) is 0 Å². The predicted molar refractivity (Wildman–Crippen MR) is 68.1 cm³/mol. The molecule has 8 nitrogen and oxygen atoms in total. The van der Waals surface area contributed by atoms with Gasteiger partial charge in [0.1, 0.15) is 10.5 Å². The number of benzene rings is 1. The van der Waals surface area contributed by atoms with Crippen molar-refractivity contribution in [3.8, 4) is 0 Å². The lowest BCUT2D eigenvalue weighted by atomic mass is 10.1. The van der Waals surface area contributed by atoms with Crippen LogP contribution in [0.5, 0.6) is 0 Å². The van der Waals surface area contributed by atoms with Gasteiger partial charge in [0, 0.05) is 17.0 Å². The summed E-state index contributed by atoms with van der Waals surface area (Å²) >= 11 is 0. The minimum atomic E-state index is -4.53. The number of hydrogen-bond donors (Lipinski definition) is 3. The molecule has 0 aliphatic rings. The second-order valence-corrected chi connectivity index (χ2v) is 5.42. The van der Waals surface area contributed by atoms with Crippen LogP contribution in [0.15, 0.2) is 32.3 Å². The van der Waals surface area contributed by atoms with Crippen LogP contribution >= 0.6 is 0 Å². The SMILES string of the molecule is Nc1cc2oc(=O)c(CC(=O)O)cc2cc1S(=O)(=O)O. The molecule has 0 bridgehead atoms. The van der Waals surface area contributed by atoms with E-state index in [1.54, 1.807) is 0 Å². The first-order valence-electron chi connectivity index (χ1n) is 5.24. The van der Waals surface area contributed by atoms with Crippen LogP contribution in [0, 0.1) is 0 Å². The molecule has 2 rings (SSSR count). The van der Waals surface area contributed by atoms with Gasteiger partial charge in [0.25, 0.3) is 10.1 Å². The van der Waals surface area contributed by atoms with E-state index in [0.717, 1.165) is 12.1 Å². The molecule has 9 heteroatoms. The highest BCUT2D eigenvalue weighted by atomic mass is 32.2. The largest absolute Gasteiger partial charge is 0.481 e. The maximum absolute atomic E-state index is 11.5. The van der Waals surface area contributed by atoms with Gasteiger partial charge in [-0.3, -0.25) is 9.35 Å². The average Bonchev–Trinajstić information content (AvgIpc) is 2.27. The summed E-state index contributed by atoms with van der Waals surface area (Å²) in [6, 6.07) is 3.27. The van der Waals surface area contributed by atoms with Gasteiger partial charge in [-0.05, 0) is 12.1 Å². The molecule has 0 aliphatic heterocycles. The standard InChI is InChI=1S/C11H9NO7S/c12-7-4-8-5(2-9(7)20(16,17)18)1-6(3-10(13)14)11(15)19-8/h1-2,4H,3,12H2,(H,13,14)(H,16,17,18). The van der Waals surface area contributed by atoms with Crippen LogP contribution in [0.1, 0.15) is 5.56 Å². The van der Waals surface area contributed by atoms with Gasteiger partial charge < -0.3 is 15.3 Å². The fourth-order valence-corrected chi connectivity index (χ4v) is 2.35. The summed E-state index contributed by atoms with van der Waals surface area (Å²) in [4.78, 5) is 21.6. The molecule has 1 aromatic carbocycles. The number of fused-ring (bicyclic) bond motifs is 1. The van der Waals surface area contributed by atoms with Crippen LogP contribution in [0.2, 0.25) is 0 Å². The highest BCUT2D eigenvalue weighted by molar-refractivity contribution is 7.86. The predicted octanol–water partition coefficient (Wildman–Crippen LogP) is 0.249. The number of nitrogens with two attached hydrogens (primary N) is 1. The van der Waals surface area contributed by atoms with Crippen LogP contribution in [-0.2, 0) is 21.3 Å². The van der Waals surface area contributed by atoms with Crippen LogP contribution in [0.4, 0.5) is 5.69 Å². The van der Waals surface area contributed by atoms with E-state index >= 15 is 0 Å². The van der Waals surface area contributed by atoms with Crippen molar-refractivity contribution in [1.29, 1.82) is 0 Å². The Kier molecular flexibility index (Phi) is 3.24. The third kappa shape index (κ3) is 2.63. The Bertz CT molecular complexity index is 866. The van der Waals surface area contributed by atoms with Crippen molar-refractivity contribution in [2.45, 2.75) is 11.3 Å². The second-order valence-electron chi connectivity index (χ2n) is 4.03. The summed E-state index contributed by atoms with van der Waals surface area (Å²) in [5.41, 5.74) is 4.17. The van der Waals surface area contributed by atoms with Crippen molar-refractivity contribution in [2.24, 2.45) is 0 Å². The quantitative estimate of drug-likeness (QED) is 0.415. The molecular weight excluding hydrogens is 290 g/mol. The molecule has 0 spiro atoms. The van der Waals surface area contributed by atoms with E-state index in [1.165, 1.54) is 6.07 Å². The van der Waals surface area contributed by atoms with Gasteiger partial charge in [0.2, 0.25) is 0 Å². The molecule has 1 heterocycles. The minimum Gasteiger partial charge on any atom is -0.481 e. The number of carboxylic acid groups (broad SMARTS) is 1. The van der Waals surface area contributed by atoms with Gasteiger partial charge in [-0.15, -0.1) is 0 Å². The van der Waals surface area contributed by atoms with Gasteiger partial charge in [-0.2, -0.15) is 8.42 Å². The normalized spacial score (nSPS) is 11.7. The average molecular weight is 299 g/mol. The minimum absolute atomic E-state index is 0.00552. The topological polar surface area (TPSA) is 148 Å². The van der Waals surface area contributed by atoms with Crippen molar-refractivity contribution < 1.29 is 27.3 Å². The van der Waals surface area contributed by atoms with Crippen molar-refractivity contribution >= 4 is 32.7 Å². The van der Waals surface area contributed by atoms with E-state index in [-0.39, 0.29) is 22.2 Å². The first-order valence-corrected chi connectivity index (χ1v) is 6.68. The van der Waals surface area contributed by atoms with Crippen LogP contribution in [0.25, 0.3) is 11.0 Å². The molecule has 106 valence electrons. The summed E-state index contributed by atoms with van der Waals surface area (Å²) in [5, 5.41) is 8.80. The van der Waals surface area contributed by atoms with E-state index in [1.807, 2.05) is 0 Å². The van der Waals surface area contributed by atoms with Crippen molar-refractivity contribution in [2.75, 3.05) is 5.73 Å². The highest BCUT2D eigenvalue weighted by Gasteiger charge is 2.17. The molecule has 0 amide bonds. The zero-order valence-corrected chi connectivity index (χ0v) is 10.7. The fraction of sp³-hybridized carbons (Fsp3) is 0.0909. The van der Waals surface area contributed by atoms with Crippen molar-refractivity contribution in [3.05, 3.63) is 34.2 Å². The number of nitrogen functional groups attached to an aromatic ring is 1. The van der Waals surface area contributed by atoms with Gasteiger partial charge >= 0.3 is 11.6 Å². The van der Waals surface area contributed by atoms with E-state index in [0.29, 0.717) is 0 Å². The Balaban J connectivity index is 2.76. The van der Waals surface area contributed by atoms with Gasteiger partial charge in [0.05, 0.1) is 12.1 Å².